The lowest BCUT2D eigenvalue weighted by Gasteiger charge is -2.08. The molecule has 1 amide bonds. The fraction of sp³-hybridized carbons (Fsp3) is 0.286. The van der Waals surface area contributed by atoms with Crippen molar-refractivity contribution in [2.45, 2.75) is 19.3 Å². The van der Waals surface area contributed by atoms with Gasteiger partial charge in [0.15, 0.2) is 5.84 Å². The van der Waals surface area contributed by atoms with Gasteiger partial charge >= 0.3 is 0 Å². The molecule has 0 spiro atoms. The monoisotopic (exact) mass is 269 g/mol. The van der Waals surface area contributed by atoms with E-state index in [-0.39, 0.29) is 6.42 Å². The molecule has 0 fully saturated rings. The molecule has 0 saturated heterocycles. The van der Waals surface area contributed by atoms with Crippen molar-refractivity contribution >= 4 is 18.0 Å². The Morgan fingerprint density at radius 2 is 2.10 bits per heavy atom. The first-order valence-corrected chi connectivity index (χ1v) is 6.02. The van der Waals surface area contributed by atoms with E-state index in [4.69, 9.17) is 10.8 Å². The molecule has 20 heavy (non-hydrogen) atoms. The summed E-state index contributed by atoms with van der Waals surface area (Å²) in [5.41, 5.74) is 8.18. The number of rotatable bonds is 4. The van der Waals surface area contributed by atoms with Crippen LogP contribution in [-0.2, 0) is 4.79 Å². The highest BCUT2D eigenvalue weighted by atomic mass is 16.1. The third-order valence-corrected chi connectivity index (χ3v) is 2.69. The summed E-state index contributed by atoms with van der Waals surface area (Å²) in [5.74, 6) is -0.598. The minimum Gasteiger partial charge on any atom is -0.271 e. The van der Waals surface area contributed by atoms with Gasteiger partial charge in [-0.2, -0.15) is 5.26 Å². The van der Waals surface area contributed by atoms with Crippen LogP contribution in [0.5, 0.6) is 0 Å². The van der Waals surface area contributed by atoms with Gasteiger partial charge in [0, 0.05) is 18.8 Å². The van der Waals surface area contributed by atoms with Crippen molar-refractivity contribution in [3.8, 4) is 6.07 Å². The van der Waals surface area contributed by atoms with E-state index in [1.807, 2.05) is 6.07 Å². The maximum Gasteiger partial charge on any atom is 0.265 e. The highest BCUT2D eigenvalue weighted by Crippen LogP contribution is 2.20. The number of aliphatic imine (C=N–C) groups is 2. The molecule has 1 aromatic carbocycles. The highest BCUT2D eigenvalue weighted by molar-refractivity contribution is 6.02. The highest BCUT2D eigenvalue weighted by Gasteiger charge is 2.15. The van der Waals surface area contributed by atoms with Crippen LogP contribution < -0.4 is 0 Å². The molecule has 6 nitrogen and oxygen atoms in total. The zero-order valence-electron chi connectivity index (χ0n) is 11.4. The zero-order valence-corrected chi connectivity index (χ0v) is 11.4. The summed E-state index contributed by atoms with van der Waals surface area (Å²) in [4.78, 5) is 19.3. The largest absolute Gasteiger partial charge is 0.271 e. The van der Waals surface area contributed by atoms with Crippen molar-refractivity contribution in [2.75, 3.05) is 7.05 Å². The molecule has 0 aromatic heterocycles. The van der Waals surface area contributed by atoms with Gasteiger partial charge in [-0.15, -0.1) is 5.11 Å². The molecule has 0 bridgehead atoms. The number of amidine groups is 1. The second kappa shape index (κ2) is 7.69. The second-order valence-corrected chi connectivity index (χ2v) is 3.95. The van der Waals surface area contributed by atoms with Gasteiger partial charge in [-0.05, 0) is 12.5 Å². The summed E-state index contributed by atoms with van der Waals surface area (Å²) < 4.78 is 0. The number of carbonyl (C=O) groups is 1. The molecule has 0 aliphatic heterocycles. The Hall–Kier alpha value is -2.68. The minimum absolute atomic E-state index is 0.0822. The number of hydrogen-bond acceptors (Lipinski definition) is 4. The lowest BCUT2D eigenvalue weighted by Crippen LogP contribution is -2.04. The SMILES string of the molecule is CC=NC(=NC)c1ccc(C(C#N)CC(=O)N=N)cc1. The average molecular weight is 269 g/mol. The topological polar surface area (TPSA) is 102 Å². The summed E-state index contributed by atoms with van der Waals surface area (Å²) in [5, 5.41) is 11.9. The molecule has 0 aliphatic rings. The van der Waals surface area contributed by atoms with Crippen LogP contribution in [0.2, 0.25) is 0 Å². The lowest BCUT2D eigenvalue weighted by molar-refractivity contribution is -0.118. The maximum absolute atomic E-state index is 11.1. The number of benzene rings is 1. The van der Waals surface area contributed by atoms with Gasteiger partial charge in [-0.25, -0.2) is 10.5 Å². The lowest BCUT2D eigenvalue weighted by atomic mass is 9.96. The number of carbonyl (C=O) groups excluding carboxylic acids is 1. The fourth-order valence-corrected chi connectivity index (χ4v) is 1.71. The molecule has 0 radical (unpaired) electrons. The summed E-state index contributed by atoms with van der Waals surface area (Å²) in [7, 11) is 1.66. The molecular formula is C14H15N5O. The third-order valence-electron chi connectivity index (χ3n) is 2.69. The zero-order chi connectivity index (χ0) is 15.0. The normalized spacial score (nSPS) is 12.9. The molecule has 0 heterocycles. The van der Waals surface area contributed by atoms with Crippen LogP contribution in [0.15, 0.2) is 39.4 Å². The third kappa shape index (κ3) is 3.92. The molecule has 1 atom stereocenters. The minimum atomic E-state index is -0.605. The van der Waals surface area contributed by atoms with Crippen LogP contribution >= 0.6 is 0 Å². The van der Waals surface area contributed by atoms with Crippen LogP contribution in [0.1, 0.15) is 30.4 Å². The van der Waals surface area contributed by atoms with Crippen LogP contribution in [0.3, 0.4) is 0 Å². The summed E-state index contributed by atoms with van der Waals surface area (Å²) in [6, 6.07) is 9.17. The van der Waals surface area contributed by atoms with Gasteiger partial charge in [-0.3, -0.25) is 9.79 Å². The van der Waals surface area contributed by atoms with Crippen molar-refractivity contribution < 1.29 is 4.79 Å². The number of nitriles is 1. The Morgan fingerprint density at radius 3 is 2.55 bits per heavy atom. The van der Waals surface area contributed by atoms with E-state index in [1.54, 1.807) is 44.5 Å². The second-order valence-electron chi connectivity index (χ2n) is 3.95. The quantitative estimate of drug-likeness (QED) is 0.516. The van der Waals surface area contributed by atoms with E-state index in [1.165, 1.54) is 0 Å². The molecule has 0 aliphatic carbocycles. The number of amides is 1. The van der Waals surface area contributed by atoms with E-state index in [9.17, 15) is 4.79 Å². The van der Waals surface area contributed by atoms with Gasteiger partial charge < -0.3 is 0 Å². The van der Waals surface area contributed by atoms with E-state index in [2.05, 4.69) is 15.1 Å². The number of nitrogens with zero attached hydrogens (tertiary/aromatic N) is 4. The van der Waals surface area contributed by atoms with E-state index >= 15 is 0 Å². The first-order chi connectivity index (χ1) is 9.65. The van der Waals surface area contributed by atoms with Gasteiger partial charge in [-0.1, -0.05) is 24.3 Å². The van der Waals surface area contributed by atoms with E-state index in [0.29, 0.717) is 11.4 Å². The predicted molar refractivity (Wildman–Crippen MR) is 76.2 cm³/mol. The number of hydrogen-bond donors (Lipinski definition) is 1. The van der Waals surface area contributed by atoms with Crippen molar-refractivity contribution in [3.63, 3.8) is 0 Å². The van der Waals surface area contributed by atoms with E-state index < -0.39 is 11.8 Å². The van der Waals surface area contributed by atoms with Crippen LogP contribution in [0, 0.1) is 16.9 Å². The maximum atomic E-state index is 11.1. The van der Waals surface area contributed by atoms with Crippen molar-refractivity contribution in [1.29, 1.82) is 10.8 Å². The summed E-state index contributed by atoms with van der Waals surface area (Å²) in [6.07, 6.45) is 1.57. The summed E-state index contributed by atoms with van der Waals surface area (Å²) >= 11 is 0. The molecule has 1 rings (SSSR count). The first-order valence-electron chi connectivity index (χ1n) is 6.02. The average Bonchev–Trinajstić information content (AvgIpc) is 2.50. The van der Waals surface area contributed by atoms with Gasteiger partial charge in [0.05, 0.1) is 18.4 Å². The molecular weight excluding hydrogens is 254 g/mol. The standard InChI is InChI=1S/C14H15N5O/c1-3-18-14(17-2)11-6-4-10(5-7-11)12(9-15)8-13(20)19-16/h3-7,12,16H,8H2,1-2H3. The predicted octanol–water partition coefficient (Wildman–Crippen LogP) is 2.71. The molecule has 6 heteroatoms. The van der Waals surface area contributed by atoms with E-state index in [0.717, 1.165) is 5.56 Å². The Labute approximate surface area is 117 Å². The Kier molecular flexibility index (Phi) is 5.91. The molecule has 1 unspecified atom stereocenters. The Bertz CT molecular complexity index is 581. The molecule has 1 N–H and O–H groups in total. The first kappa shape index (κ1) is 15.4. The Morgan fingerprint density at radius 1 is 1.45 bits per heavy atom. The molecule has 0 saturated carbocycles. The van der Waals surface area contributed by atoms with Gasteiger partial charge in [0.2, 0.25) is 0 Å². The van der Waals surface area contributed by atoms with Crippen LogP contribution in [0.4, 0.5) is 0 Å². The summed E-state index contributed by atoms with van der Waals surface area (Å²) in [6.45, 7) is 1.81. The van der Waals surface area contributed by atoms with Crippen molar-refractivity contribution in [1.82, 2.24) is 0 Å². The number of nitrogens with one attached hydrogen (secondary N) is 1. The van der Waals surface area contributed by atoms with Crippen LogP contribution in [0.25, 0.3) is 0 Å². The molecule has 1 aromatic rings. The van der Waals surface area contributed by atoms with Crippen LogP contribution in [-0.4, -0.2) is 25.0 Å². The van der Waals surface area contributed by atoms with Gasteiger partial charge in [0.1, 0.15) is 0 Å². The fourth-order valence-electron chi connectivity index (χ4n) is 1.71. The van der Waals surface area contributed by atoms with Crippen molar-refractivity contribution in [2.24, 2.45) is 15.1 Å². The smallest absolute Gasteiger partial charge is 0.265 e. The van der Waals surface area contributed by atoms with Gasteiger partial charge in [0.25, 0.3) is 5.91 Å². The Balaban J connectivity index is 2.98. The van der Waals surface area contributed by atoms with Crippen molar-refractivity contribution in [3.05, 3.63) is 35.4 Å². The molecule has 102 valence electrons.